The Morgan fingerprint density at radius 1 is 1.16 bits per heavy atom. The number of rotatable bonds is 5. The van der Waals surface area contributed by atoms with Crippen molar-refractivity contribution in [2.75, 3.05) is 11.6 Å². The lowest BCUT2D eigenvalue weighted by atomic mass is 10.2. The third-order valence-electron chi connectivity index (χ3n) is 4.70. The molecular weight excluding hydrogens is 477 g/mol. The zero-order chi connectivity index (χ0) is 22.3. The van der Waals surface area contributed by atoms with Gasteiger partial charge in [0.15, 0.2) is 9.84 Å². The molecule has 0 aliphatic rings. The van der Waals surface area contributed by atoms with E-state index in [2.05, 4.69) is 10.4 Å². The first kappa shape index (κ1) is 21.8. The summed E-state index contributed by atoms with van der Waals surface area (Å²) in [5.74, 6) is -0.382. The molecule has 2 heterocycles. The van der Waals surface area contributed by atoms with Gasteiger partial charge in [0.1, 0.15) is 4.83 Å². The molecule has 0 bridgehead atoms. The maximum absolute atomic E-state index is 12.9. The van der Waals surface area contributed by atoms with Crippen molar-refractivity contribution >= 4 is 66.2 Å². The molecule has 0 fully saturated rings. The number of hydrogen-bond acceptors (Lipinski definition) is 5. The van der Waals surface area contributed by atoms with Gasteiger partial charge in [0.2, 0.25) is 0 Å². The quantitative estimate of drug-likeness (QED) is 0.402. The molecule has 0 aliphatic carbocycles. The van der Waals surface area contributed by atoms with Gasteiger partial charge in [0.05, 0.1) is 27.7 Å². The van der Waals surface area contributed by atoms with Crippen molar-refractivity contribution < 1.29 is 13.2 Å². The highest BCUT2D eigenvalue weighted by Gasteiger charge is 2.20. The predicted octanol–water partition coefficient (Wildman–Crippen LogP) is 5.42. The number of thiophene rings is 1. The second kappa shape index (κ2) is 8.27. The van der Waals surface area contributed by atoms with Crippen LogP contribution in [0.5, 0.6) is 0 Å². The smallest absolute Gasteiger partial charge is 0.265 e. The van der Waals surface area contributed by atoms with Gasteiger partial charge in [-0.15, -0.1) is 11.3 Å². The number of fused-ring (bicyclic) bond motifs is 1. The van der Waals surface area contributed by atoms with E-state index in [1.807, 2.05) is 13.0 Å². The molecule has 0 spiro atoms. The Hall–Kier alpha value is -2.39. The summed E-state index contributed by atoms with van der Waals surface area (Å²) in [5, 5.41) is 9.23. The Bertz CT molecular complexity index is 1430. The van der Waals surface area contributed by atoms with Gasteiger partial charge in [-0.05, 0) is 42.8 Å². The summed E-state index contributed by atoms with van der Waals surface area (Å²) in [4.78, 5) is 14.2. The summed E-state index contributed by atoms with van der Waals surface area (Å²) in [6.07, 6.45) is 1.11. The number of aryl methyl sites for hydroxylation is 1. The van der Waals surface area contributed by atoms with Gasteiger partial charge in [-0.2, -0.15) is 5.10 Å². The Morgan fingerprint density at radius 3 is 2.61 bits per heavy atom. The number of nitrogens with one attached hydrogen (secondary N) is 1. The molecule has 1 amide bonds. The summed E-state index contributed by atoms with van der Waals surface area (Å²) < 4.78 is 25.8. The van der Waals surface area contributed by atoms with Gasteiger partial charge in [0.25, 0.3) is 5.91 Å². The van der Waals surface area contributed by atoms with E-state index in [9.17, 15) is 13.2 Å². The van der Waals surface area contributed by atoms with Gasteiger partial charge in [-0.25, -0.2) is 8.42 Å². The van der Waals surface area contributed by atoms with Crippen LogP contribution in [-0.4, -0.2) is 30.4 Å². The highest BCUT2D eigenvalue weighted by atomic mass is 35.5. The molecule has 0 radical (unpaired) electrons. The average molecular weight is 494 g/mol. The van der Waals surface area contributed by atoms with Crippen LogP contribution in [0.1, 0.15) is 20.9 Å². The van der Waals surface area contributed by atoms with Crippen molar-refractivity contribution in [3.63, 3.8) is 0 Å². The lowest BCUT2D eigenvalue weighted by molar-refractivity contribution is 0.103. The molecule has 0 aliphatic heterocycles. The van der Waals surface area contributed by atoms with Gasteiger partial charge in [-0.1, -0.05) is 41.4 Å². The summed E-state index contributed by atoms with van der Waals surface area (Å²) in [6, 6.07) is 13.4. The van der Waals surface area contributed by atoms with Gasteiger partial charge in [0, 0.05) is 21.7 Å². The van der Waals surface area contributed by atoms with Crippen molar-refractivity contribution in [1.82, 2.24) is 9.78 Å². The van der Waals surface area contributed by atoms with Gasteiger partial charge >= 0.3 is 0 Å². The molecule has 0 saturated heterocycles. The fraction of sp³-hybridized carbons (Fsp3) is 0.143. The fourth-order valence-corrected chi connectivity index (χ4v) is 5.59. The van der Waals surface area contributed by atoms with Crippen LogP contribution < -0.4 is 5.32 Å². The molecule has 10 heteroatoms. The minimum atomic E-state index is -3.48. The number of carbonyl (C=O) groups is 1. The molecule has 160 valence electrons. The van der Waals surface area contributed by atoms with E-state index < -0.39 is 9.84 Å². The van der Waals surface area contributed by atoms with Gasteiger partial charge in [-0.3, -0.25) is 9.48 Å². The molecule has 4 aromatic rings. The van der Waals surface area contributed by atoms with E-state index in [1.54, 1.807) is 41.1 Å². The number of amides is 1. The first-order chi connectivity index (χ1) is 14.6. The monoisotopic (exact) mass is 493 g/mol. The second-order valence-corrected chi connectivity index (χ2v) is 10.9. The average Bonchev–Trinajstić information content (AvgIpc) is 3.25. The topological polar surface area (TPSA) is 81.1 Å². The van der Waals surface area contributed by atoms with Crippen LogP contribution in [0.2, 0.25) is 10.0 Å². The van der Waals surface area contributed by atoms with Crippen molar-refractivity contribution in [1.29, 1.82) is 0 Å². The zero-order valence-electron chi connectivity index (χ0n) is 16.5. The molecule has 4 rings (SSSR count). The molecular formula is C21H17Cl2N3O3S2. The first-order valence-corrected chi connectivity index (χ1v) is 12.6. The van der Waals surface area contributed by atoms with E-state index >= 15 is 0 Å². The fourth-order valence-electron chi connectivity index (χ4n) is 3.22. The first-order valence-electron chi connectivity index (χ1n) is 9.15. The summed E-state index contributed by atoms with van der Waals surface area (Å²) >= 11 is 13.6. The lowest BCUT2D eigenvalue weighted by Crippen LogP contribution is -2.13. The molecule has 2 aromatic carbocycles. The molecule has 1 N–H and O–H groups in total. The highest BCUT2D eigenvalue weighted by Crippen LogP contribution is 2.31. The van der Waals surface area contributed by atoms with E-state index in [4.69, 9.17) is 23.2 Å². The van der Waals surface area contributed by atoms with Crippen LogP contribution >= 0.6 is 34.5 Å². The Kier molecular flexibility index (Phi) is 5.83. The van der Waals surface area contributed by atoms with Gasteiger partial charge < -0.3 is 5.32 Å². The predicted molar refractivity (Wildman–Crippen MR) is 125 cm³/mol. The number of benzene rings is 2. The largest absolute Gasteiger partial charge is 0.320 e. The lowest BCUT2D eigenvalue weighted by Gasteiger charge is -2.08. The third-order valence-corrected chi connectivity index (χ3v) is 7.59. The maximum Gasteiger partial charge on any atom is 0.265 e. The van der Waals surface area contributed by atoms with E-state index in [1.165, 1.54) is 17.4 Å². The van der Waals surface area contributed by atoms with E-state index in [0.717, 1.165) is 27.7 Å². The minimum absolute atomic E-state index is 0.0733. The van der Waals surface area contributed by atoms with Crippen LogP contribution in [0.4, 0.5) is 5.69 Å². The molecule has 2 aromatic heterocycles. The Morgan fingerprint density at radius 2 is 1.90 bits per heavy atom. The van der Waals surface area contributed by atoms with Crippen molar-refractivity contribution in [2.24, 2.45) is 0 Å². The third kappa shape index (κ3) is 4.48. The van der Waals surface area contributed by atoms with Crippen LogP contribution in [0.25, 0.3) is 10.2 Å². The van der Waals surface area contributed by atoms with Crippen molar-refractivity contribution in [2.45, 2.75) is 18.4 Å². The van der Waals surface area contributed by atoms with Crippen LogP contribution in [0, 0.1) is 6.92 Å². The standard InChI is InChI=1S/C21H17Cl2N3O3S2/c1-12-15-10-18(20(27)24-17-5-3-4-6-19(17)31(2,28)29)30-21(15)26(25-12)11-13-7-8-14(22)9-16(13)23/h3-10H,11H2,1-2H3,(H,24,27). The summed E-state index contributed by atoms with van der Waals surface area (Å²) in [6.45, 7) is 2.30. The summed E-state index contributed by atoms with van der Waals surface area (Å²) in [7, 11) is -3.48. The summed E-state index contributed by atoms with van der Waals surface area (Å²) in [5.41, 5.74) is 1.89. The zero-order valence-corrected chi connectivity index (χ0v) is 19.7. The number of aromatic nitrogens is 2. The number of anilines is 1. The van der Waals surface area contributed by atoms with Crippen molar-refractivity contribution in [3.05, 3.63) is 74.7 Å². The number of hydrogen-bond donors (Lipinski definition) is 1. The van der Waals surface area contributed by atoms with E-state index in [-0.39, 0.29) is 16.5 Å². The van der Waals surface area contributed by atoms with Crippen LogP contribution in [0.15, 0.2) is 53.4 Å². The molecule has 0 atom stereocenters. The number of sulfone groups is 1. The van der Waals surface area contributed by atoms with E-state index in [0.29, 0.717) is 21.5 Å². The van der Waals surface area contributed by atoms with Crippen molar-refractivity contribution in [3.8, 4) is 0 Å². The maximum atomic E-state index is 12.9. The normalized spacial score (nSPS) is 11.7. The van der Waals surface area contributed by atoms with Crippen LogP contribution in [-0.2, 0) is 16.4 Å². The SMILES string of the molecule is Cc1nn(Cc2ccc(Cl)cc2Cl)c2sc(C(=O)Nc3ccccc3S(C)(=O)=O)cc12. The number of carbonyl (C=O) groups excluding carboxylic acids is 1. The minimum Gasteiger partial charge on any atom is -0.320 e. The number of para-hydroxylation sites is 1. The molecule has 6 nitrogen and oxygen atoms in total. The Labute approximate surface area is 193 Å². The highest BCUT2D eigenvalue weighted by molar-refractivity contribution is 7.90. The molecule has 0 unspecified atom stereocenters. The molecule has 31 heavy (non-hydrogen) atoms. The van der Waals surface area contributed by atoms with Crippen LogP contribution in [0.3, 0.4) is 0 Å². The molecule has 0 saturated carbocycles. The number of halogens is 2. The second-order valence-electron chi connectivity index (χ2n) is 7.03. The Balaban J connectivity index is 1.66. The number of nitrogens with zero attached hydrogens (tertiary/aromatic N) is 2.